The molecule has 2 heterocycles. The number of nitrogens with zero attached hydrogens (tertiary/aromatic N) is 1. The fourth-order valence-electron chi connectivity index (χ4n) is 6.76. The Bertz CT molecular complexity index is 1250. The van der Waals surface area contributed by atoms with Crippen LogP contribution in [0.2, 0.25) is 0 Å². The zero-order chi connectivity index (χ0) is 24.4. The predicted molar refractivity (Wildman–Crippen MR) is 134 cm³/mol. The summed E-state index contributed by atoms with van der Waals surface area (Å²) in [7, 11) is -3.40. The highest BCUT2D eigenvalue weighted by molar-refractivity contribution is 7.92. The number of hydrogen-bond acceptors (Lipinski definition) is 5. The molecule has 1 aromatic carbocycles. The van der Waals surface area contributed by atoms with Gasteiger partial charge in [0, 0.05) is 23.3 Å². The lowest BCUT2D eigenvalue weighted by molar-refractivity contribution is 0.0828. The van der Waals surface area contributed by atoms with Crippen molar-refractivity contribution in [3.8, 4) is 0 Å². The maximum absolute atomic E-state index is 13.7. The van der Waals surface area contributed by atoms with Gasteiger partial charge >= 0.3 is 0 Å². The van der Waals surface area contributed by atoms with E-state index in [-0.39, 0.29) is 23.0 Å². The van der Waals surface area contributed by atoms with Crippen molar-refractivity contribution < 1.29 is 22.7 Å². The summed E-state index contributed by atoms with van der Waals surface area (Å²) in [5.41, 5.74) is 2.74. The molecule has 0 radical (unpaired) electrons. The number of carbonyl (C=O) groups excluding carboxylic acids is 1. The highest BCUT2D eigenvalue weighted by Crippen LogP contribution is 2.62. The maximum atomic E-state index is 13.7. The first-order chi connectivity index (χ1) is 16.7. The lowest BCUT2D eigenvalue weighted by atomic mass is 9.66. The molecule has 188 valence electrons. The Kier molecular flexibility index (Phi) is 5.35. The summed E-state index contributed by atoms with van der Waals surface area (Å²) in [6.07, 6.45) is 11.6. The highest BCUT2D eigenvalue weighted by atomic mass is 32.2. The Morgan fingerprint density at radius 3 is 2.43 bits per heavy atom. The monoisotopic (exact) mass is 498 g/mol. The Morgan fingerprint density at radius 1 is 1.09 bits per heavy atom. The Morgan fingerprint density at radius 2 is 1.77 bits per heavy atom. The van der Waals surface area contributed by atoms with E-state index >= 15 is 0 Å². The van der Waals surface area contributed by atoms with E-state index in [0.29, 0.717) is 23.4 Å². The van der Waals surface area contributed by atoms with Crippen LogP contribution < -0.4 is 9.62 Å². The first-order valence-electron chi connectivity index (χ1n) is 12.9. The van der Waals surface area contributed by atoms with Crippen molar-refractivity contribution in [2.24, 2.45) is 11.3 Å². The number of benzene rings is 1. The minimum atomic E-state index is -3.40. The van der Waals surface area contributed by atoms with Gasteiger partial charge in [0.2, 0.25) is 10.0 Å². The van der Waals surface area contributed by atoms with Crippen molar-refractivity contribution in [2.45, 2.75) is 75.7 Å². The SMILES string of the molecule is CS(=O)(=O)Nc1ccc2c(c1)C1(CCC3(CC3)CC1)CN2C(=O)c1ccc(C(O)C2CCCC2)o1. The molecule has 8 heteroatoms. The van der Waals surface area contributed by atoms with E-state index in [2.05, 4.69) is 4.72 Å². The molecule has 4 aliphatic rings. The number of aliphatic hydroxyl groups excluding tert-OH is 1. The molecule has 3 saturated carbocycles. The number of aliphatic hydroxyl groups is 1. The summed E-state index contributed by atoms with van der Waals surface area (Å²) < 4.78 is 32.3. The zero-order valence-electron chi connectivity index (χ0n) is 20.3. The predicted octanol–water partition coefficient (Wildman–Crippen LogP) is 5.13. The quantitative estimate of drug-likeness (QED) is 0.596. The van der Waals surface area contributed by atoms with Crippen LogP contribution in [-0.2, 0) is 15.4 Å². The molecule has 1 aliphatic heterocycles. The van der Waals surface area contributed by atoms with Gasteiger partial charge in [-0.1, -0.05) is 12.8 Å². The van der Waals surface area contributed by atoms with Crippen LogP contribution in [0.15, 0.2) is 34.7 Å². The number of carbonyl (C=O) groups is 1. The molecule has 2 N–H and O–H groups in total. The highest BCUT2D eigenvalue weighted by Gasteiger charge is 2.53. The molecule has 0 bridgehead atoms. The minimum Gasteiger partial charge on any atom is -0.453 e. The van der Waals surface area contributed by atoms with Gasteiger partial charge < -0.3 is 14.4 Å². The van der Waals surface area contributed by atoms with Gasteiger partial charge in [0.1, 0.15) is 11.9 Å². The molecule has 6 rings (SSSR count). The van der Waals surface area contributed by atoms with E-state index in [1.165, 1.54) is 12.8 Å². The van der Waals surface area contributed by atoms with Crippen molar-refractivity contribution in [1.82, 2.24) is 0 Å². The van der Waals surface area contributed by atoms with Crippen LogP contribution in [0.4, 0.5) is 11.4 Å². The van der Waals surface area contributed by atoms with Crippen LogP contribution in [0.25, 0.3) is 0 Å². The van der Waals surface area contributed by atoms with E-state index < -0.39 is 16.1 Å². The lowest BCUT2D eigenvalue weighted by Crippen LogP contribution is -2.39. The number of nitrogens with one attached hydrogen (secondary N) is 1. The second-order valence-electron chi connectivity index (χ2n) is 11.5. The van der Waals surface area contributed by atoms with Gasteiger partial charge in [0.25, 0.3) is 5.91 Å². The third kappa shape index (κ3) is 4.18. The summed E-state index contributed by atoms with van der Waals surface area (Å²) in [6.45, 7) is 0.570. The van der Waals surface area contributed by atoms with Crippen LogP contribution in [0, 0.1) is 11.3 Å². The number of sulfonamides is 1. The van der Waals surface area contributed by atoms with E-state index in [1.807, 2.05) is 12.1 Å². The maximum Gasteiger partial charge on any atom is 0.294 e. The Labute approximate surface area is 206 Å². The largest absolute Gasteiger partial charge is 0.453 e. The van der Waals surface area contributed by atoms with Gasteiger partial charge in [-0.2, -0.15) is 0 Å². The van der Waals surface area contributed by atoms with Crippen molar-refractivity contribution in [1.29, 1.82) is 0 Å². The van der Waals surface area contributed by atoms with Crippen molar-refractivity contribution in [2.75, 3.05) is 22.4 Å². The molecule has 2 aromatic rings. The summed E-state index contributed by atoms with van der Waals surface area (Å²) in [5.74, 6) is 0.699. The molecule has 35 heavy (non-hydrogen) atoms. The second kappa shape index (κ2) is 8.10. The summed E-state index contributed by atoms with van der Waals surface area (Å²) >= 11 is 0. The average Bonchev–Trinajstić information content (AvgIpc) is 3.23. The number of rotatable bonds is 5. The average molecular weight is 499 g/mol. The first-order valence-corrected chi connectivity index (χ1v) is 14.8. The molecule has 3 aliphatic carbocycles. The van der Waals surface area contributed by atoms with Crippen molar-refractivity contribution >= 4 is 27.3 Å². The third-order valence-electron chi connectivity index (χ3n) is 9.07. The molecule has 1 atom stereocenters. The fraction of sp³-hybridized carbons (Fsp3) is 0.593. The second-order valence-corrected chi connectivity index (χ2v) is 13.2. The van der Waals surface area contributed by atoms with E-state index in [0.717, 1.165) is 68.9 Å². The number of amides is 1. The third-order valence-corrected chi connectivity index (χ3v) is 9.67. The topological polar surface area (TPSA) is 99.9 Å². The molecule has 2 spiro atoms. The first kappa shape index (κ1) is 23.1. The Balaban J connectivity index is 1.31. The number of anilines is 2. The molecular weight excluding hydrogens is 464 g/mol. The van der Waals surface area contributed by atoms with Gasteiger partial charge in [-0.05, 0) is 98.6 Å². The molecule has 0 saturated heterocycles. The standard InChI is InChI=1S/C27H34N2O5S/c1-35(32,33)28-19-6-7-21-20(16-19)27(14-12-26(10-11-26)13-15-27)17-29(21)25(31)23-9-8-22(34-23)24(30)18-4-2-3-5-18/h6-9,16,18,24,28,30H,2-5,10-15,17H2,1H3. The minimum absolute atomic E-state index is 0.174. The fourth-order valence-corrected chi connectivity index (χ4v) is 7.31. The summed E-state index contributed by atoms with van der Waals surface area (Å²) in [4.78, 5) is 15.5. The van der Waals surface area contributed by atoms with Gasteiger partial charge in [-0.25, -0.2) is 8.42 Å². The molecule has 7 nitrogen and oxygen atoms in total. The summed E-state index contributed by atoms with van der Waals surface area (Å²) in [5, 5.41) is 10.7. The van der Waals surface area contributed by atoms with Gasteiger partial charge in [-0.15, -0.1) is 0 Å². The van der Waals surface area contributed by atoms with Crippen molar-refractivity contribution in [3.63, 3.8) is 0 Å². The number of furan rings is 1. The zero-order valence-corrected chi connectivity index (χ0v) is 21.1. The lowest BCUT2D eigenvalue weighted by Gasteiger charge is -2.38. The van der Waals surface area contributed by atoms with Gasteiger partial charge in [0.15, 0.2) is 5.76 Å². The number of fused-ring (bicyclic) bond motifs is 2. The van der Waals surface area contributed by atoms with Crippen molar-refractivity contribution in [3.05, 3.63) is 47.4 Å². The number of hydrogen-bond donors (Lipinski definition) is 2. The van der Waals surface area contributed by atoms with Crippen LogP contribution in [0.1, 0.15) is 92.2 Å². The van der Waals surface area contributed by atoms with Crippen LogP contribution >= 0.6 is 0 Å². The van der Waals surface area contributed by atoms with Crippen LogP contribution in [0.5, 0.6) is 0 Å². The molecule has 1 amide bonds. The van der Waals surface area contributed by atoms with Crippen LogP contribution in [0.3, 0.4) is 0 Å². The smallest absolute Gasteiger partial charge is 0.294 e. The molecule has 1 unspecified atom stereocenters. The van der Waals surface area contributed by atoms with E-state index in [1.54, 1.807) is 23.1 Å². The molecule has 3 fully saturated rings. The normalized spacial score (nSPS) is 23.5. The molecular formula is C27H34N2O5S. The van der Waals surface area contributed by atoms with Gasteiger partial charge in [0.05, 0.1) is 6.26 Å². The van der Waals surface area contributed by atoms with E-state index in [9.17, 15) is 18.3 Å². The Hall–Kier alpha value is -2.32. The van der Waals surface area contributed by atoms with Crippen LogP contribution in [-0.4, -0.2) is 32.2 Å². The molecule has 1 aromatic heterocycles. The van der Waals surface area contributed by atoms with E-state index in [4.69, 9.17) is 4.42 Å². The van der Waals surface area contributed by atoms with Gasteiger partial charge in [-0.3, -0.25) is 9.52 Å². The summed E-state index contributed by atoms with van der Waals surface area (Å²) in [6, 6.07) is 8.92.